The van der Waals surface area contributed by atoms with E-state index in [0.717, 1.165) is 6.29 Å². The van der Waals surface area contributed by atoms with Crippen LogP contribution >= 0.6 is 0 Å². The maximum Gasteiger partial charge on any atom is 0.126 e. The highest BCUT2D eigenvalue weighted by atomic mass is 16.1. The van der Waals surface area contributed by atoms with E-state index in [-0.39, 0.29) is 23.4 Å². The zero-order valence-electron chi connectivity index (χ0n) is 12.4. The third kappa shape index (κ3) is 2.72. The van der Waals surface area contributed by atoms with Crippen LogP contribution in [0.5, 0.6) is 0 Å². The highest BCUT2D eigenvalue weighted by Crippen LogP contribution is 2.32. The fourth-order valence-corrected chi connectivity index (χ4v) is 2.63. The molecule has 3 unspecified atom stereocenters. The molecule has 3 nitrogen and oxygen atoms in total. The highest BCUT2D eigenvalue weighted by Gasteiger charge is 2.34. The van der Waals surface area contributed by atoms with Crippen LogP contribution in [0.25, 0.3) is 0 Å². The summed E-state index contributed by atoms with van der Waals surface area (Å²) < 4.78 is 0. The van der Waals surface area contributed by atoms with Crippen LogP contribution in [-0.2, 0) is 10.2 Å². The molecule has 19 heavy (non-hydrogen) atoms. The molecular weight excluding hydrogens is 236 g/mol. The molecule has 2 N–H and O–H groups in total. The van der Waals surface area contributed by atoms with Gasteiger partial charge in [0.05, 0.1) is 12.0 Å². The van der Waals surface area contributed by atoms with Crippen LogP contribution < -0.4 is 10.9 Å². The SMILES string of the molecule is Cc1ccc(C(C)(C)C)cc1C1NNC(C)C1C=O. The summed E-state index contributed by atoms with van der Waals surface area (Å²) in [6, 6.07) is 6.81. The van der Waals surface area contributed by atoms with E-state index in [2.05, 4.69) is 56.7 Å². The molecule has 3 atom stereocenters. The molecule has 0 aromatic heterocycles. The molecular formula is C16H24N2O. The van der Waals surface area contributed by atoms with E-state index in [4.69, 9.17) is 0 Å². The van der Waals surface area contributed by atoms with Crippen molar-refractivity contribution in [1.82, 2.24) is 10.9 Å². The predicted molar refractivity (Wildman–Crippen MR) is 77.9 cm³/mol. The quantitative estimate of drug-likeness (QED) is 0.803. The van der Waals surface area contributed by atoms with Gasteiger partial charge in [0.1, 0.15) is 6.29 Å². The van der Waals surface area contributed by atoms with Gasteiger partial charge in [0.25, 0.3) is 0 Å². The molecule has 0 aliphatic carbocycles. The minimum atomic E-state index is -0.0195. The summed E-state index contributed by atoms with van der Waals surface area (Å²) in [6.07, 6.45) is 1.06. The van der Waals surface area contributed by atoms with Gasteiger partial charge in [0.2, 0.25) is 0 Å². The van der Waals surface area contributed by atoms with Crippen molar-refractivity contribution in [2.24, 2.45) is 5.92 Å². The van der Waals surface area contributed by atoms with Crippen molar-refractivity contribution in [3.63, 3.8) is 0 Å². The Labute approximate surface area is 115 Å². The first-order valence-corrected chi connectivity index (χ1v) is 6.92. The van der Waals surface area contributed by atoms with E-state index in [1.807, 2.05) is 6.92 Å². The maximum atomic E-state index is 11.3. The Balaban J connectivity index is 2.42. The van der Waals surface area contributed by atoms with Gasteiger partial charge in [-0.15, -0.1) is 0 Å². The molecule has 104 valence electrons. The Morgan fingerprint density at radius 3 is 2.47 bits per heavy atom. The molecule has 1 aliphatic heterocycles. The number of rotatable bonds is 2. The van der Waals surface area contributed by atoms with E-state index in [1.54, 1.807) is 0 Å². The first-order chi connectivity index (χ1) is 8.84. The van der Waals surface area contributed by atoms with Crippen molar-refractivity contribution in [3.05, 3.63) is 34.9 Å². The van der Waals surface area contributed by atoms with E-state index in [1.165, 1.54) is 16.7 Å². The second-order valence-electron chi connectivity index (χ2n) is 6.59. The number of hydrogen-bond acceptors (Lipinski definition) is 3. The lowest BCUT2D eigenvalue weighted by Gasteiger charge is -2.24. The molecule has 0 radical (unpaired) electrons. The number of aryl methyl sites for hydroxylation is 1. The van der Waals surface area contributed by atoms with Gasteiger partial charge >= 0.3 is 0 Å². The van der Waals surface area contributed by atoms with E-state index < -0.39 is 0 Å². The molecule has 0 amide bonds. The fraction of sp³-hybridized carbons (Fsp3) is 0.562. The standard InChI is InChI=1S/C16H24N2O/c1-10-6-7-12(16(3,4)5)8-13(10)15-14(9-19)11(2)17-18-15/h6-9,11,14-15,17-18H,1-5H3. The first kappa shape index (κ1) is 14.2. The van der Waals surface area contributed by atoms with Crippen molar-refractivity contribution >= 4 is 6.29 Å². The number of hydrogen-bond donors (Lipinski definition) is 2. The van der Waals surface area contributed by atoms with Crippen LogP contribution in [0.15, 0.2) is 18.2 Å². The minimum Gasteiger partial charge on any atom is -0.303 e. The van der Waals surface area contributed by atoms with Crippen molar-refractivity contribution in [2.75, 3.05) is 0 Å². The van der Waals surface area contributed by atoms with Gasteiger partial charge in [-0.05, 0) is 36.0 Å². The van der Waals surface area contributed by atoms with Gasteiger partial charge in [-0.2, -0.15) is 0 Å². The van der Waals surface area contributed by atoms with Crippen molar-refractivity contribution in [1.29, 1.82) is 0 Å². The van der Waals surface area contributed by atoms with E-state index in [0.29, 0.717) is 0 Å². The van der Waals surface area contributed by atoms with Crippen LogP contribution in [0.3, 0.4) is 0 Å². The van der Waals surface area contributed by atoms with Gasteiger partial charge in [-0.1, -0.05) is 39.0 Å². The summed E-state index contributed by atoms with van der Waals surface area (Å²) in [6.45, 7) is 10.8. The van der Waals surface area contributed by atoms with Crippen LogP contribution in [0.4, 0.5) is 0 Å². The minimum absolute atomic E-state index is 0.0195. The second kappa shape index (κ2) is 5.06. The topological polar surface area (TPSA) is 41.1 Å². The molecule has 0 spiro atoms. The number of hydrazine groups is 1. The third-order valence-corrected chi connectivity index (χ3v) is 4.07. The number of aldehydes is 1. The molecule has 0 saturated carbocycles. The molecule has 1 aromatic rings. The summed E-state index contributed by atoms with van der Waals surface area (Å²) in [7, 11) is 0. The normalized spacial score (nSPS) is 27.5. The average molecular weight is 260 g/mol. The second-order valence-corrected chi connectivity index (χ2v) is 6.59. The lowest BCUT2D eigenvalue weighted by atomic mass is 9.82. The Bertz CT molecular complexity index is 476. The number of nitrogens with one attached hydrogen (secondary N) is 2. The average Bonchev–Trinajstić information content (AvgIpc) is 2.69. The summed E-state index contributed by atoms with van der Waals surface area (Å²) in [4.78, 5) is 11.3. The number of carbonyl (C=O) groups excluding carboxylic acids is 1. The summed E-state index contributed by atoms with van der Waals surface area (Å²) in [5, 5.41) is 0. The molecule has 2 rings (SSSR count). The van der Waals surface area contributed by atoms with Gasteiger partial charge in [-0.25, -0.2) is 5.43 Å². The molecule has 1 aromatic carbocycles. The molecule has 1 saturated heterocycles. The monoisotopic (exact) mass is 260 g/mol. The number of carbonyl (C=O) groups is 1. The Hall–Kier alpha value is -1.19. The van der Waals surface area contributed by atoms with E-state index in [9.17, 15) is 4.79 Å². The molecule has 1 fully saturated rings. The molecule has 3 heteroatoms. The smallest absolute Gasteiger partial charge is 0.126 e. The lowest BCUT2D eigenvalue weighted by Crippen LogP contribution is -2.29. The maximum absolute atomic E-state index is 11.3. The summed E-state index contributed by atoms with van der Waals surface area (Å²) in [5.41, 5.74) is 10.3. The predicted octanol–water partition coefficient (Wildman–Crippen LogP) is 2.65. The van der Waals surface area contributed by atoms with Gasteiger partial charge in [0, 0.05) is 6.04 Å². The first-order valence-electron chi connectivity index (χ1n) is 6.92. The largest absolute Gasteiger partial charge is 0.303 e. The van der Waals surface area contributed by atoms with Crippen molar-refractivity contribution in [3.8, 4) is 0 Å². The van der Waals surface area contributed by atoms with Crippen LogP contribution in [0.1, 0.15) is 50.4 Å². The Morgan fingerprint density at radius 2 is 1.89 bits per heavy atom. The Kier molecular flexibility index (Phi) is 3.79. The zero-order valence-corrected chi connectivity index (χ0v) is 12.4. The van der Waals surface area contributed by atoms with Crippen molar-refractivity contribution < 1.29 is 4.79 Å². The third-order valence-electron chi connectivity index (χ3n) is 4.07. The van der Waals surface area contributed by atoms with Crippen molar-refractivity contribution in [2.45, 2.75) is 52.1 Å². The molecule has 1 heterocycles. The van der Waals surface area contributed by atoms with Gasteiger partial charge in [-0.3, -0.25) is 5.43 Å². The van der Waals surface area contributed by atoms with Crippen LogP contribution in [0, 0.1) is 12.8 Å². The highest BCUT2D eigenvalue weighted by molar-refractivity contribution is 5.58. The zero-order chi connectivity index (χ0) is 14.2. The van der Waals surface area contributed by atoms with Gasteiger partial charge in [0.15, 0.2) is 0 Å². The summed E-state index contributed by atoms with van der Waals surface area (Å²) in [5.74, 6) is -0.0195. The van der Waals surface area contributed by atoms with Crippen LogP contribution in [-0.4, -0.2) is 12.3 Å². The number of benzene rings is 1. The van der Waals surface area contributed by atoms with E-state index >= 15 is 0 Å². The Morgan fingerprint density at radius 1 is 1.21 bits per heavy atom. The van der Waals surface area contributed by atoms with Gasteiger partial charge < -0.3 is 4.79 Å². The summed E-state index contributed by atoms with van der Waals surface area (Å²) >= 11 is 0. The molecule has 1 aliphatic rings. The lowest BCUT2D eigenvalue weighted by molar-refractivity contribution is -0.111. The van der Waals surface area contributed by atoms with Crippen LogP contribution in [0.2, 0.25) is 0 Å². The fourth-order valence-electron chi connectivity index (χ4n) is 2.63. The molecule has 0 bridgehead atoms.